The van der Waals surface area contributed by atoms with Crippen molar-refractivity contribution in [2.75, 3.05) is 33.0 Å². The summed E-state index contributed by atoms with van der Waals surface area (Å²) < 4.78 is 24.1. The molecule has 0 saturated carbocycles. The van der Waals surface area contributed by atoms with Crippen LogP contribution in [0.15, 0.2) is 18.2 Å². The van der Waals surface area contributed by atoms with E-state index >= 15 is 0 Å². The van der Waals surface area contributed by atoms with Gasteiger partial charge in [-0.25, -0.2) is 4.39 Å². The lowest BCUT2D eigenvalue weighted by Crippen LogP contribution is -2.68. The van der Waals surface area contributed by atoms with Crippen LogP contribution in [-0.4, -0.2) is 38.1 Å². The Labute approximate surface area is 106 Å². The maximum Gasteiger partial charge on any atom is 0.126 e. The Kier molecular flexibility index (Phi) is 2.70. The van der Waals surface area contributed by atoms with Crippen molar-refractivity contribution in [1.82, 2.24) is 0 Å². The molecule has 0 aromatic heterocycles. The summed E-state index contributed by atoms with van der Waals surface area (Å²) in [5.74, 6) is -0.197. The highest BCUT2D eigenvalue weighted by atomic mass is 19.1. The molecule has 1 aromatic rings. The lowest BCUT2D eigenvalue weighted by Gasteiger charge is -2.58. The monoisotopic (exact) mass is 252 g/mol. The van der Waals surface area contributed by atoms with Crippen LogP contribution in [0.5, 0.6) is 0 Å². The Bertz CT molecular complexity index is 459. The Morgan fingerprint density at radius 1 is 1.22 bits per heavy atom. The van der Waals surface area contributed by atoms with Crippen molar-refractivity contribution in [3.05, 3.63) is 35.1 Å². The summed E-state index contributed by atoms with van der Waals surface area (Å²) in [5.41, 5.74) is 1.19. The number of hydrogen-bond acceptors (Lipinski definition) is 3. The zero-order valence-electron chi connectivity index (χ0n) is 10.4. The van der Waals surface area contributed by atoms with Crippen molar-refractivity contribution in [1.29, 1.82) is 0 Å². The zero-order chi connectivity index (χ0) is 12.8. The van der Waals surface area contributed by atoms with Crippen molar-refractivity contribution in [2.24, 2.45) is 5.41 Å². The van der Waals surface area contributed by atoms with E-state index in [0.29, 0.717) is 32.0 Å². The number of halogens is 1. The fourth-order valence-electron chi connectivity index (χ4n) is 2.89. The molecule has 0 radical (unpaired) electrons. The molecule has 1 N–H and O–H groups in total. The molecular formula is C14H17FO3. The summed E-state index contributed by atoms with van der Waals surface area (Å²) in [7, 11) is 0. The maximum absolute atomic E-state index is 13.4. The standard InChI is InChI=1S/C14H17FO3/c1-10-4-11(2-3-12(10)15)14(8-18-9-14)13(5-16)6-17-7-13/h2-4,16H,5-9H2,1H3. The minimum absolute atomic E-state index is 0.0762. The number of rotatable bonds is 3. The van der Waals surface area contributed by atoms with Gasteiger partial charge in [0.1, 0.15) is 5.82 Å². The molecule has 2 aliphatic rings. The van der Waals surface area contributed by atoms with Crippen LogP contribution in [0.4, 0.5) is 4.39 Å². The maximum atomic E-state index is 13.4. The van der Waals surface area contributed by atoms with Crippen molar-refractivity contribution >= 4 is 0 Å². The Morgan fingerprint density at radius 3 is 2.28 bits per heavy atom. The number of aliphatic hydroxyl groups is 1. The largest absolute Gasteiger partial charge is 0.396 e. The van der Waals surface area contributed by atoms with Crippen molar-refractivity contribution in [2.45, 2.75) is 12.3 Å². The molecule has 0 aliphatic carbocycles. The van der Waals surface area contributed by atoms with E-state index in [1.165, 1.54) is 6.07 Å². The van der Waals surface area contributed by atoms with E-state index in [9.17, 15) is 9.50 Å². The van der Waals surface area contributed by atoms with E-state index in [2.05, 4.69) is 0 Å². The summed E-state index contributed by atoms with van der Waals surface area (Å²) in [4.78, 5) is 0. The van der Waals surface area contributed by atoms with E-state index < -0.39 is 0 Å². The molecule has 3 nitrogen and oxygen atoms in total. The van der Waals surface area contributed by atoms with E-state index in [0.717, 1.165) is 5.56 Å². The fourth-order valence-corrected chi connectivity index (χ4v) is 2.89. The third-order valence-electron chi connectivity index (χ3n) is 4.48. The predicted molar refractivity (Wildman–Crippen MR) is 64.0 cm³/mol. The second kappa shape index (κ2) is 4.02. The lowest BCUT2D eigenvalue weighted by atomic mass is 9.57. The summed E-state index contributed by atoms with van der Waals surface area (Å²) in [6.45, 7) is 4.07. The summed E-state index contributed by atoms with van der Waals surface area (Å²) in [6.07, 6.45) is 0. The van der Waals surface area contributed by atoms with Crippen LogP contribution >= 0.6 is 0 Å². The molecule has 0 atom stereocenters. The first-order valence-corrected chi connectivity index (χ1v) is 6.17. The Hall–Kier alpha value is -0.970. The molecule has 0 unspecified atom stereocenters. The van der Waals surface area contributed by atoms with Crippen molar-refractivity contribution < 1.29 is 19.0 Å². The van der Waals surface area contributed by atoms with Crippen molar-refractivity contribution in [3.8, 4) is 0 Å². The number of aryl methyl sites for hydroxylation is 1. The molecule has 98 valence electrons. The van der Waals surface area contributed by atoms with Gasteiger partial charge in [-0.3, -0.25) is 0 Å². The Balaban J connectivity index is 2.03. The lowest BCUT2D eigenvalue weighted by molar-refractivity contribution is -0.242. The molecular weight excluding hydrogens is 235 g/mol. The quantitative estimate of drug-likeness (QED) is 0.884. The molecule has 2 saturated heterocycles. The fraction of sp³-hybridized carbons (Fsp3) is 0.571. The van der Waals surface area contributed by atoms with Crippen LogP contribution < -0.4 is 0 Å². The molecule has 0 bridgehead atoms. The third kappa shape index (κ3) is 1.40. The first-order chi connectivity index (χ1) is 8.63. The van der Waals surface area contributed by atoms with Crippen LogP contribution in [0.25, 0.3) is 0 Å². The van der Waals surface area contributed by atoms with Gasteiger partial charge in [-0.05, 0) is 24.1 Å². The van der Waals surface area contributed by atoms with Crippen LogP contribution in [0.3, 0.4) is 0 Å². The number of ether oxygens (including phenoxy) is 2. The third-order valence-corrected chi connectivity index (χ3v) is 4.48. The molecule has 2 heterocycles. The summed E-state index contributed by atoms with van der Waals surface area (Å²) in [6, 6.07) is 5.17. The molecule has 1 aromatic carbocycles. The molecule has 2 fully saturated rings. The second-order valence-corrected chi connectivity index (χ2v) is 5.47. The van der Waals surface area contributed by atoms with E-state index in [4.69, 9.17) is 9.47 Å². The van der Waals surface area contributed by atoms with Gasteiger partial charge in [0, 0.05) is 0 Å². The number of aliphatic hydroxyl groups excluding tert-OH is 1. The van der Waals surface area contributed by atoms with Gasteiger partial charge in [0.15, 0.2) is 0 Å². The van der Waals surface area contributed by atoms with Crippen LogP contribution in [0.2, 0.25) is 0 Å². The highest BCUT2D eigenvalue weighted by molar-refractivity contribution is 5.36. The average molecular weight is 252 g/mol. The van der Waals surface area contributed by atoms with Gasteiger partial charge in [0.25, 0.3) is 0 Å². The number of benzene rings is 1. The van der Waals surface area contributed by atoms with Gasteiger partial charge < -0.3 is 14.6 Å². The average Bonchev–Trinajstić information content (AvgIpc) is 2.25. The summed E-state index contributed by atoms with van der Waals surface area (Å²) >= 11 is 0. The highest BCUT2D eigenvalue weighted by Gasteiger charge is 2.60. The van der Waals surface area contributed by atoms with Gasteiger partial charge >= 0.3 is 0 Å². The first-order valence-electron chi connectivity index (χ1n) is 6.17. The molecule has 4 heteroatoms. The first kappa shape index (κ1) is 12.1. The van der Waals surface area contributed by atoms with Gasteiger partial charge in [-0.1, -0.05) is 12.1 Å². The topological polar surface area (TPSA) is 38.7 Å². The van der Waals surface area contributed by atoms with Crippen LogP contribution in [0, 0.1) is 18.2 Å². The Morgan fingerprint density at radius 2 is 1.89 bits per heavy atom. The molecule has 2 aliphatic heterocycles. The van der Waals surface area contributed by atoms with Crippen LogP contribution in [0.1, 0.15) is 11.1 Å². The van der Waals surface area contributed by atoms with E-state index in [-0.39, 0.29) is 23.3 Å². The van der Waals surface area contributed by atoms with Crippen LogP contribution in [-0.2, 0) is 14.9 Å². The number of hydrogen-bond donors (Lipinski definition) is 1. The normalized spacial score (nSPS) is 24.2. The second-order valence-electron chi connectivity index (χ2n) is 5.47. The van der Waals surface area contributed by atoms with Crippen molar-refractivity contribution in [3.63, 3.8) is 0 Å². The minimum atomic E-state index is -0.268. The molecule has 3 rings (SSSR count). The van der Waals surface area contributed by atoms with Gasteiger partial charge in [-0.15, -0.1) is 0 Å². The smallest absolute Gasteiger partial charge is 0.126 e. The minimum Gasteiger partial charge on any atom is -0.396 e. The highest BCUT2D eigenvalue weighted by Crippen LogP contribution is 2.51. The van der Waals surface area contributed by atoms with Gasteiger partial charge in [0.05, 0.1) is 43.9 Å². The predicted octanol–water partition coefficient (Wildman–Crippen LogP) is 1.41. The van der Waals surface area contributed by atoms with Gasteiger partial charge in [0.2, 0.25) is 0 Å². The SMILES string of the molecule is Cc1cc(C2(C3(CO)COC3)COC2)ccc1F. The molecule has 18 heavy (non-hydrogen) atoms. The van der Waals surface area contributed by atoms with E-state index in [1.54, 1.807) is 13.0 Å². The molecule has 0 spiro atoms. The zero-order valence-corrected chi connectivity index (χ0v) is 10.4. The van der Waals surface area contributed by atoms with E-state index in [1.807, 2.05) is 6.07 Å². The molecule has 0 amide bonds. The van der Waals surface area contributed by atoms with Gasteiger partial charge in [-0.2, -0.15) is 0 Å². The summed E-state index contributed by atoms with van der Waals surface area (Å²) in [5, 5.41) is 9.71.